The first-order valence-corrected chi connectivity index (χ1v) is 13.5. The van der Waals surface area contributed by atoms with Crippen LogP contribution in [0.15, 0.2) is 54.9 Å². The van der Waals surface area contributed by atoms with Crippen molar-refractivity contribution in [2.75, 3.05) is 33.4 Å². The highest BCUT2D eigenvalue weighted by molar-refractivity contribution is 5.88. The molecule has 2 aromatic heterocycles. The average Bonchev–Trinajstić information content (AvgIpc) is 3.57. The van der Waals surface area contributed by atoms with Crippen LogP contribution < -0.4 is 20.1 Å². The van der Waals surface area contributed by atoms with Gasteiger partial charge in [0.05, 0.1) is 31.2 Å². The van der Waals surface area contributed by atoms with Crippen LogP contribution in [0.2, 0.25) is 0 Å². The van der Waals surface area contributed by atoms with Crippen LogP contribution in [0.5, 0.6) is 11.5 Å². The molecule has 2 bridgehead atoms. The van der Waals surface area contributed by atoms with Crippen LogP contribution in [0.1, 0.15) is 19.7 Å². The number of fused-ring (bicyclic) bond motifs is 5. The van der Waals surface area contributed by atoms with Gasteiger partial charge < -0.3 is 29.7 Å². The molecule has 1 aliphatic heterocycles. The third-order valence-electron chi connectivity index (χ3n) is 6.90. The van der Waals surface area contributed by atoms with E-state index in [1.165, 1.54) is 0 Å². The number of imidazole rings is 2. The summed E-state index contributed by atoms with van der Waals surface area (Å²) >= 11 is 0. The first kappa shape index (κ1) is 27.2. The van der Waals surface area contributed by atoms with E-state index in [1.54, 1.807) is 13.3 Å². The number of hydrogen-bond donors (Lipinski definition) is 3. The van der Waals surface area contributed by atoms with Crippen molar-refractivity contribution in [2.24, 2.45) is 5.92 Å². The van der Waals surface area contributed by atoms with Gasteiger partial charge >= 0.3 is 0 Å². The van der Waals surface area contributed by atoms with Gasteiger partial charge in [0.2, 0.25) is 11.8 Å². The van der Waals surface area contributed by atoms with Crippen molar-refractivity contribution < 1.29 is 19.1 Å². The first-order chi connectivity index (χ1) is 19.4. The number of aromatic amines is 1. The molecule has 1 aliphatic rings. The molecule has 0 radical (unpaired) electrons. The summed E-state index contributed by atoms with van der Waals surface area (Å²) in [5, 5.41) is 5.91. The molecule has 0 saturated heterocycles. The Bertz CT molecular complexity index is 1450. The van der Waals surface area contributed by atoms with Gasteiger partial charge in [0.25, 0.3) is 0 Å². The number of benzene rings is 2. The minimum atomic E-state index is -0.658. The van der Waals surface area contributed by atoms with Gasteiger partial charge in [-0.25, -0.2) is 9.97 Å². The van der Waals surface area contributed by atoms with E-state index in [2.05, 4.69) is 25.6 Å². The molecule has 3 N–H and O–H groups in total. The lowest BCUT2D eigenvalue weighted by atomic mass is 10.0. The molecule has 3 heterocycles. The van der Waals surface area contributed by atoms with Crippen LogP contribution in [0.25, 0.3) is 22.4 Å². The summed E-state index contributed by atoms with van der Waals surface area (Å²) in [5.74, 6) is 2.14. The maximum Gasteiger partial charge on any atom is 0.242 e. The molecule has 40 heavy (non-hydrogen) atoms. The van der Waals surface area contributed by atoms with Gasteiger partial charge in [0.1, 0.15) is 24.3 Å². The summed E-state index contributed by atoms with van der Waals surface area (Å²) in [5.41, 5.74) is 2.66. The molecule has 5 rings (SSSR count). The summed E-state index contributed by atoms with van der Waals surface area (Å²) in [4.78, 5) is 40.8. The summed E-state index contributed by atoms with van der Waals surface area (Å²) < 4.78 is 13.7. The quantitative estimate of drug-likeness (QED) is 0.360. The number of aromatic nitrogens is 4. The minimum absolute atomic E-state index is 0.0729. The third kappa shape index (κ3) is 6.26. The van der Waals surface area contributed by atoms with E-state index in [9.17, 15) is 9.59 Å². The third-order valence-corrected chi connectivity index (χ3v) is 6.90. The Kier molecular flexibility index (Phi) is 8.30. The van der Waals surface area contributed by atoms with Crippen LogP contribution in [0.3, 0.4) is 0 Å². The van der Waals surface area contributed by atoms with E-state index >= 15 is 0 Å². The Morgan fingerprint density at radius 3 is 2.80 bits per heavy atom. The predicted octanol–water partition coefficient (Wildman–Crippen LogP) is 2.59. The number of nitrogens with zero attached hydrogens (tertiary/aromatic N) is 4. The summed E-state index contributed by atoms with van der Waals surface area (Å²) in [7, 11) is 1.60. The summed E-state index contributed by atoms with van der Waals surface area (Å²) in [6.07, 6.45) is 3.60. The molecule has 11 nitrogen and oxygen atoms in total. The second-order valence-electron chi connectivity index (χ2n) is 10.1. The molecule has 0 fully saturated rings. The van der Waals surface area contributed by atoms with Crippen molar-refractivity contribution in [3.63, 3.8) is 0 Å². The zero-order valence-electron chi connectivity index (χ0n) is 23.0. The second kappa shape index (κ2) is 12.2. The first-order valence-electron chi connectivity index (χ1n) is 13.5. The van der Waals surface area contributed by atoms with Crippen LogP contribution in [0.4, 0.5) is 0 Å². The molecule has 210 valence electrons. The molecule has 0 unspecified atom stereocenters. The van der Waals surface area contributed by atoms with Crippen LogP contribution in [-0.4, -0.2) is 75.6 Å². The number of amides is 2. The highest BCUT2D eigenvalue weighted by Crippen LogP contribution is 2.32. The van der Waals surface area contributed by atoms with Crippen molar-refractivity contribution in [1.29, 1.82) is 0 Å². The number of rotatable bonds is 4. The number of H-pyrrole nitrogens is 1. The normalized spacial score (nSPS) is 17.6. The molecule has 2 amide bonds. The summed E-state index contributed by atoms with van der Waals surface area (Å²) in [6, 6.07) is 12.8. The monoisotopic (exact) mass is 545 g/mol. The largest absolute Gasteiger partial charge is 0.493 e. The molecule has 0 saturated carbocycles. The number of carbonyl (C=O) groups excluding carboxylic acids is 2. The molecule has 0 aliphatic carbocycles. The van der Waals surface area contributed by atoms with Crippen molar-refractivity contribution in [3.8, 4) is 22.9 Å². The molecular formula is C29H35N7O4. The summed E-state index contributed by atoms with van der Waals surface area (Å²) in [6.45, 7) is 5.96. The molecular weight excluding hydrogens is 510 g/mol. The molecule has 2 aromatic carbocycles. The van der Waals surface area contributed by atoms with E-state index in [0.717, 1.165) is 28.2 Å². The van der Waals surface area contributed by atoms with Crippen LogP contribution in [-0.2, 0) is 22.7 Å². The molecule has 11 heteroatoms. The number of carbonyl (C=O) groups is 2. The van der Waals surface area contributed by atoms with Crippen LogP contribution in [0, 0.1) is 5.92 Å². The lowest BCUT2D eigenvalue weighted by Crippen LogP contribution is -2.52. The molecule has 4 aromatic rings. The van der Waals surface area contributed by atoms with Gasteiger partial charge in [0, 0.05) is 37.6 Å². The fourth-order valence-corrected chi connectivity index (χ4v) is 4.84. The van der Waals surface area contributed by atoms with E-state index in [1.807, 2.05) is 72.0 Å². The van der Waals surface area contributed by atoms with Crippen molar-refractivity contribution in [3.05, 3.63) is 60.7 Å². The van der Waals surface area contributed by atoms with E-state index in [-0.39, 0.29) is 24.3 Å². The topological polar surface area (TPSA) is 126 Å². The molecule has 1 atom stereocenters. The molecule has 0 spiro atoms. The lowest BCUT2D eigenvalue weighted by Gasteiger charge is -2.25. The Balaban J connectivity index is 1.43. The lowest BCUT2D eigenvalue weighted by molar-refractivity contribution is -0.130. The highest BCUT2D eigenvalue weighted by Gasteiger charge is 2.25. The SMILES string of the molecule is COc1ccc2cc1OCCN(Cc1nc3ccccc3[nH]1)CC(=O)N[C@H](C(C)C)C(=O)NCCn1ccnc1-2. The van der Waals surface area contributed by atoms with Gasteiger partial charge in [-0.15, -0.1) is 0 Å². The van der Waals surface area contributed by atoms with Crippen molar-refractivity contribution in [1.82, 2.24) is 35.1 Å². The smallest absolute Gasteiger partial charge is 0.242 e. The standard InChI is InChI=1S/C29H35N7O4/c1-19(2)27-29(38)31-11-13-36-12-10-30-28(36)20-8-9-23(39-3)24(16-20)40-15-14-35(18-26(37)34-27)17-25-32-21-6-4-5-7-22(21)33-25/h4-10,12,16,19,27H,11,13-15,17-18H2,1-3H3,(H,31,38)(H,32,33)(H,34,37)/t27-/m1/s1. The number of ether oxygens (including phenoxy) is 2. The maximum atomic E-state index is 13.2. The second-order valence-corrected chi connectivity index (χ2v) is 10.1. The minimum Gasteiger partial charge on any atom is -0.493 e. The van der Waals surface area contributed by atoms with E-state index < -0.39 is 6.04 Å². The van der Waals surface area contributed by atoms with Gasteiger partial charge in [-0.3, -0.25) is 14.5 Å². The Morgan fingerprint density at radius 2 is 2.00 bits per heavy atom. The highest BCUT2D eigenvalue weighted by atomic mass is 16.5. The van der Waals surface area contributed by atoms with Gasteiger partial charge in [0.15, 0.2) is 11.5 Å². The van der Waals surface area contributed by atoms with Gasteiger partial charge in [-0.05, 0) is 36.2 Å². The van der Waals surface area contributed by atoms with Crippen molar-refractivity contribution in [2.45, 2.75) is 33.0 Å². The maximum absolute atomic E-state index is 13.2. The van der Waals surface area contributed by atoms with Gasteiger partial charge in [-0.2, -0.15) is 0 Å². The number of methoxy groups -OCH3 is 1. The van der Waals surface area contributed by atoms with E-state index in [0.29, 0.717) is 44.3 Å². The predicted molar refractivity (Wildman–Crippen MR) is 151 cm³/mol. The fraction of sp³-hybridized carbons (Fsp3) is 0.379. The Hall–Kier alpha value is -4.38. The zero-order chi connectivity index (χ0) is 28.1. The number of nitrogens with one attached hydrogen (secondary N) is 3. The average molecular weight is 546 g/mol. The van der Waals surface area contributed by atoms with Crippen LogP contribution >= 0.6 is 0 Å². The fourth-order valence-electron chi connectivity index (χ4n) is 4.84. The number of para-hydroxylation sites is 2. The van der Waals surface area contributed by atoms with Gasteiger partial charge in [-0.1, -0.05) is 26.0 Å². The Morgan fingerprint density at radius 1 is 1.15 bits per heavy atom. The van der Waals surface area contributed by atoms with E-state index in [4.69, 9.17) is 9.47 Å². The Labute approximate surface area is 232 Å². The number of hydrogen-bond acceptors (Lipinski definition) is 7. The zero-order valence-corrected chi connectivity index (χ0v) is 23.0. The van der Waals surface area contributed by atoms with Crippen molar-refractivity contribution >= 4 is 22.8 Å².